The molecule has 0 spiro atoms. The van der Waals surface area contributed by atoms with Crippen LogP contribution in [-0.2, 0) is 9.53 Å². The standard InChI is InChI=1S/C16H31NO3/c1-5-13(6-2)17(9-10-20-4)15-11-12(3)7-8-14(15)16(18)19/h12-15H,5-11H2,1-4H3,(H,18,19). The molecule has 1 aliphatic carbocycles. The van der Waals surface area contributed by atoms with Crippen molar-refractivity contribution in [3.8, 4) is 0 Å². The van der Waals surface area contributed by atoms with Crippen molar-refractivity contribution in [1.82, 2.24) is 4.90 Å². The molecule has 0 aliphatic heterocycles. The van der Waals surface area contributed by atoms with E-state index in [0.29, 0.717) is 18.6 Å². The van der Waals surface area contributed by atoms with Gasteiger partial charge in [0.05, 0.1) is 12.5 Å². The molecule has 1 N–H and O–H groups in total. The Morgan fingerprint density at radius 1 is 1.35 bits per heavy atom. The third-order valence-electron chi connectivity index (χ3n) is 4.79. The van der Waals surface area contributed by atoms with Crippen molar-refractivity contribution in [3.63, 3.8) is 0 Å². The molecule has 0 heterocycles. The summed E-state index contributed by atoms with van der Waals surface area (Å²) >= 11 is 0. The lowest BCUT2D eigenvalue weighted by molar-refractivity contribution is -0.147. The van der Waals surface area contributed by atoms with E-state index in [1.54, 1.807) is 7.11 Å². The summed E-state index contributed by atoms with van der Waals surface area (Å²) in [5.41, 5.74) is 0. The lowest BCUT2D eigenvalue weighted by atomic mass is 9.77. The molecule has 4 heteroatoms. The maximum atomic E-state index is 11.6. The minimum atomic E-state index is -0.629. The smallest absolute Gasteiger partial charge is 0.308 e. The van der Waals surface area contributed by atoms with Crippen molar-refractivity contribution in [2.45, 2.75) is 65.0 Å². The molecule has 0 saturated heterocycles. The number of methoxy groups -OCH3 is 1. The summed E-state index contributed by atoms with van der Waals surface area (Å²) in [7, 11) is 1.71. The SMILES string of the molecule is CCC(CC)N(CCOC)C1CC(C)CCC1C(=O)O. The normalized spacial score (nSPS) is 27.2. The molecule has 0 bridgehead atoms. The number of carboxylic acid groups (broad SMARTS) is 1. The highest BCUT2D eigenvalue weighted by atomic mass is 16.5. The highest BCUT2D eigenvalue weighted by Gasteiger charge is 2.38. The van der Waals surface area contributed by atoms with E-state index in [9.17, 15) is 9.90 Å². The highest BCUT2D eigenvalue weighted by Crippen LogP contribution is 2.34. The van der Waals surface area contributed by atoms with Gasteiger partial charge in [0.2, 0.25) is 0 Å². The molecule has 1 fully saturated rings. The van der Waals surface area contributed by atoms with Gasteiger partial charge in [0, 0.05) is 25.7 Å². The predicted octanol–water partition coefficient (Wildman–Crippen LogP) is 3.01. The molecule has 4 nitrogen and oxygen atoms in total. The monoisotopic (exact) mass is 285 g/mol. The first-order valence-corrected chi connectivity index (χ1v) is 8.02. The second-order valence-corrected chi connectivity index (χ2v) is 6.13. The molecule has 0 aromatic carbocycles. The summed E-state index contributed by atoms with van der Waals surface area (Å²) in [5, 5.41) is 9.54. The van der Waals surface area contributed by atoms with Crippen LogP contribution in [0.5, 0.6) is 0 Å². The van der Waals surface area contributed by atoms with Gasteiger partial charge < -0.3 is 9.84 Å². The number of carboxylic acids is 1. The molecule has 1 rings (SSSR count). The fourth-order valence-corrected chi connectivity index (χ4v) is 3.58. The van der Waals surface area contributed by atoms with Gasteiger partial charge in [-0.3, -0.25) is 9.69 Å². The van der Waals surface area contributed by atoms with Crippen LogP contribution in [-0.4, -0.2) is 48.3 Å². The minimum Gasteiger partial charge on any atom is -0.481 e. The van der Waals surface area contributed by atoms with Crippen LogP contribution in [0.25, 0.3) is 0 Å². The van der Waals surface area contributed by atoms with E-state index in [2.05, 4.69) is 25.7 Å². The van der Waals surface area contributed by atoms with Crippen molar-refractivity contribution >= 4 is 5.97 Å². The molecule has 3 atom stereocenters. The largest absolute Gasteiger partial charge is 0.481 e. The first-order chi connectivity index (χ1) is 9.54. The van der Waals surface area contributed by atoms with E-state index in [-0.39, 0.29) is 12.0 Å². The van der Waals surface area contributed by atoms with Gasteiger partial charge in [0.15, 0.2) is 0 Å². The van der Waals surface area contributed by atoms with Crippen LogP contribution < -0.4 is 0 Å². The predicted molar refractivity (Wildman–Crippen MR) is 80.9 cm³/mol. The molecular formula is C16H31NO3. The van der Waals surface area contributed by atoms with Crippen molar-refractivity contribution in [2.75, 3.05) is 20.3 Å². The molecule has 0 aromatic heterocycles. The Balaban J connectivity index is 2.90. The zero-order chi connectivity index (χ0) is 15.1. The Kier molecular flexibility index (Phi) is 7.52. The highest BCUT2D eigenvalue weighted by molar-refractivity contribution is 5.71. The third-order valence-corrected chi connectivity index (χ3v) is 4.79. The van der Waals surface area contributed by atoms with Crippen LogP contribution in [0.15, 0.2) is 0 Å². The van der Waals surface area contributed by atoms with Crippen molar-refractivity contribution in [3.05, 3.63) is 0 Å². The van der Waals surface area contributed by atoms with Gasteiger partial charge in [-0.05, 0) is 38.0 Å². The summed E-state index contributed by atoms with van der Waals surface area (Å²) in [6.07, 6.45) is 4.98. The van der Waals surface area contributed by atoms with E-state index in [4.69, 9.17) is 4.74 Å². The van der Waals surface area contributed by atoms with Gasteiger partial charge in [-0.2, -0.15) is 0 Å². The molecule has 118 valence electrons. The van der Waals surface area contributed by atoms with Crippen molar-refractivity contribution in [1.29, 1.82) is 0 Å². The second kappa shape index (κ2) is 8.63. The van der Waals surface area contributed by atoms with E-state index >= 15 is 0 Å². The Hall–Kier alpha value is -0.610. The van der Waals surface area contributed by atoms with Gasteiger partial charge in [-0.15, -0.1) is 0 Å². The van der Waals surface area contributed by atoms with Gasteiger partial charge in [-0.25, -0.2) is 0 Å². The summed E-state index contributed by atoms with van der Waals surface area (Å²) in [4.78, 5) is 14.0. The number of aliphatic carboxylic acids is 1. The van der Waals surface area contributed by atoms with E-state index in [0.717, 1.165) is 38.6 Å². The Bertz CT molecular complexity index is 291. The molecule has 0 radical (unpaired) electrons. The van der Waals surface area contributed by atoms with Crippen molar-refractivity contribution in [2.24, 2.45) is 11.8 Å². The number of carbonyl (C=O) groups is 1. The first kappa shape index (κ1) is 17.4. The lowest BCUT2D eigenvalue weighted by Gasteiger charge is -2.44. The van der Waals surface area contributed by atoms with Crippen LogP contribution in [0.4, 0.5) is 0 Å². The fourth-order valence-electron chi connectivity index (χ4n) is 3.58. The minimum absolute atomic E-state index is 0.163. The Morgan fingerprint density at radius 2 is 2.00 bits per heavy atom. The van der Waals surface area contributed by atoms with Crippen LogP contribution in [0.3, 0.4) is 0 Å². The number of nitrogens with zero attached hydrogens (tertiary/aromatic N) is 1. The van der Waals surface area contributed by atoms with Crippen LogP contribution in [0, 0.1) is 11.8 Å². The van der Waals surface area contributed by atoms with E-state index < -0.39 is 5.97 Å². The third kappa shape index (κ3) is 4.45. The quantitative estimate of drug-likeness (QED) is 0.745. The number of ether oxygens (including phenoxy) is 1. The van der Waals surface area contributed by atoms with Gasteiger partial charge in [-0.1, -0.05) is 20.8 Å². The molecule has 20 heavy (non-hydrogen) atoms. The average Bonchev–Trinajstić information content (AvgIpc) is 2.43. The molecule has 0 aromatic rings. The fraction of sp³-hybridized carbons (Fsp3) is 0.938. The van der Waals surface area contributed by atoms with Crippen LogP contribution in [0.2, 0.25) is 0 Å². The zero-order valence-corrected chi connectivity index (χ0v) is 13.5. The Morgan fingerprint density at radius 3 is 2.50 bits per heavy atom. The van der Waals surface area contributed by atoms with Gasteiger partial charge >= 0.3 is 5.97 Å². The summed E-state index contributed by atoms with van der Waals surface area (Å²) < 4.78 is 5.24. The lowest BCUT2D eigenvalue weighted by Crippen LogP contribution is -2.52. The molecule has 1 aliphatic rings. The molecule has 0 amide bonds. The van der Waals surface area contributed by atoms with E-state index in [1.165, 1.54) is 0 Å². The van der Waals surface area contributed by atoms with E-state index in [1.807, 2.05) is 0 Å². The number of hydrogen-bond donors (Lipinski definition) is 1. The van der Waals surface area contributed by atoms with Crippen molar-refractivity contribution < 1.29 is 14.6 Å². The number of rotatable bonds is 8. The first-order valence-electron chi connectivity index (χ1n) is 8.02. The average molecular weight is 285 g/mol. The zero-order valence-electron chi connectivity index (χ0n) is 13.5. The summed E-state index contributed by atoms with van der Waals surface area (Å²) in [5.74, 6) is -0.228. The summed E-state index contributed by atoms with van der Waals surface area (Å²) in [6.45, 7) is 8.14. The Labute approximate surface area is 123 Å². The maximum absolute atomic E-state index is 11.6. The van der Waals surface area contributed by atoms with Crippen LogP contribution in [0.1, 0.15) is 52.9 Å². The maximum Gasteiger partial charge on any atom is 0.308 e. The topological polar surface area (TPSA) is 49.8 Å². The molecular weight excluding hydrogens is 254 g/mol. The van der Waals surface area contributed by atoms with Crippen LogP contribution >= 0.6 is 0 Å². The second-order valence-electron chi connectivity index (χ2n) is 6.13. The van der Waals surface area contributed by atoms with Gasteiger partial charge in [0.1, 0.15) is 0 Å². The molecule has 1 saturated carbocycles. The summed E-state index contributed by atoms with van der Waals surface area (Å²) in [6, 6.07) is 0.624. The number of hydrogen-bond acceptors (Lipinski definition) is 3. The molecule has 3 unspecified atom stereocenters. The van der Waals surface area contributed by atoms with Gasteiger partial charge in [0.25, 0.3) is 0 Å².